The number of hydrogen-bond donors (Lipinski definition) is 1. The van der Waals surface area contributed by atoms with Gasteiger partial charge in [0.1, 0.15) is 6.67 Å². The minimum atomic E-state index is -0.474. The van der Waals surface area contributed by atoms with Gasteiger partial charge >= 0.3 is 0 Å². The van der Waals surface area contributed by atoms with Gasteiger partial charge in [0, 0.05) is 0 Å². The largest absolute Gasteiger partial charge is 0.349 e. The van der Waals surface area contributed by atoms with Crippen molar-refractivity contribution in [3.8, 4) is 0 Å². The maximum atomic E-state index is 12.5. The van der Waals surface area contributed by atoms with Gasteiger partial charge in [-0.15, -0.1) is 0 Å². The molecule has 1 heterocycles. The Bertz CT molecular complexity index is 207. The average molecular weight is 216 g/mol. The predicted octanol–water partition coefficient (Wildman–Crippen LogP) is 1.33. The van der Waals surface area contributed by atoms with Gasteiger partial charge in [0.05, 0.1) is 12.1 Å². The summed E-state index contributed by atoms with van der Waals surface area (Å²) in [5.41, 5.74) is 0. The van der Waals surface area contributed by atoms with Crippen molar-refractivity contribution in [3.63, 3.8) is 0 Å². The second kappa shape index (κ2) is 6.05. The van der Waals surface area contributed by atoms with Crippen molar-refractivity contribution in [2.75, 3.05) is 20.3 Å². The zero-order valence-electron chi connectivity index (χ0n) is 9.63. The Kier molecular flexibility index (Phi) is 5.02. The number of likely N-dealkylation sites (tertiary alicyclic amines) is 1. The molecule has 0 aromatic heterocycles. The van der Waals surface area contributed by atoms with Crippen LogP contribution in [0.15, 0.2) is 0 Å². The van der Waals surface area contributed by atoms with E-state index in [1.54, 1.807) is 0 Å². The molecule has 0 aromatic rings. The Hall–Kier alpha value is -0.640. The van der Waals surface area contributed by atoms with Crippen LogP contribution in [0.4, 0.5) is 4.39 Å². The molecule has 0 saturated carbocycles. The number of likely N-dealkylation sites (N-methyl/N-ethyl adjacent to an activating group) is 1. The molecule has 1 N–H and O–H groups in total. The van der Waals surface area contributed by atoms with Gasteiger partial charge < -0.3 is 5.32 Å². The second-order valence-electron chi connectivity index (χ2n) is 4.26. The van der Waals surface area contributed by atoms with Gasteiger partial charge in [0.15, 0.2) is 0 Å². The molecule has 4 heteroatoms. The Balaban J connectivity index is 2.44. The zero-order valence-corrected chi connectivity index (χ0v) is 9.63. The summed E-state index contributed by atoms with van der Waals surface area (Å²) in [6.45, 7) is 2.37. The van der Waals surface area contributed by atoms with E-state index in [0.717, 1.165) is 25.8 Å². The minimum absolute atomic E-state index is 0.0123. The minimum Gasteiger partial charge on any atom is -0.349 e. The van der Waals surface area contributed by atoms with E-state index in [0.29, 0.717) is 6.42 Å². The van der Waals surface area contributed by atoms with Crippen molar-refractivity contribution in [1.29, 1.82) is 0 Å². The number of amides is 1. The van der Waals surface area contributed by atoms with Gasteiger partial charge in [-0.25, -0.2) is 4.39 Å². The van der Waals surface area contributed by atoms with Crippen LogP contribution in [0.3, 0.4) is 0 Å². The summed E-state index contributed by atoms with van der Waals surface area (Å²) in [6.07, 6.45) is 3.79. The Morgan fingerprint density at radius 2 is 2.33 bits per heavy atom. The van der Waals surface area contributed by atoms with Crippen LogP contribution in [0.5, 0.6) is 0 Å². The molecule has 3 nitrogen and oxygen atoms in total. The lowest BCUT2D eigenvalue weighted by Crippen LogP contribution is -2.50. The molecule has 0 bridgehead atoms. The molecule has 88 valence electrons. The molecule has 1 rings (SSSR count). The second-order valence-corrected chi connectivity index (χ2v) is 4.26. The van der Waals surface area contributed by atoms with E-state index in [2.05, 4.69) is 10.2 Å². The van der Waals surface area contributed by atoms with Crippen molar-refractivity contribution in [1.82, 2.24) is 10.2 Å². The summed E-state index contributed by atoms with van der Waals surface area (Å²) in [6, 6.07) is -0.368. The number of carbonyl (C=O) groups excluding carboxylic acids is 1. The van der Waals surface area contributed by atoms with Gasteiger partial charge in [-0.05, 0) is 32.9 Å². The molecule has 0 aliphatic carbocycles. The lowest BCUT2D eigenvalue weighted by atomic mass is 10.0. The van der Waals surface area contributed by atoms with Crippen LogP contribution in [0.25, 0.3) is 0 Å². The predicted molar refractivity (Wildman–Crippen MR) is 58.5 cm³/mol. The third kappa shape index (κ3) is 3.45. The normalized spacial score (nSPS) is 24.9. The number of alkyl halides is 1. The van der Waals surface area contributed by atoms with Gasteiger partial charge in [-0.2, -0.15) is 0 Å². The number of hydrogen-bond acceptors (Lipinski definition) is 2. The fraction of sp³-hybridized carbons (Fsp3) is 0.909. The molecule has 1 aliphatic rings. The summed E-state index contributed by atoms with van der Waals surface area (Å²) in [5.74, 6) is -0.0123. The third-order valence-electron chi connectivity index (χ3n) is 3.10. The summed E-state index contributed by atoms with van der Waals surface area (Å²) < 4.78 is 12.5. The van der Waals surface area contributed by atoms with E-state index in [9.17, 15) is 9.18 Å². The van der Waals surface area contributed by atoms with Crippen LogP contribution < -0.4 is 5.32 Å². The molecular weight excluding hydrogens is 195 g/mol. The summed E-state index contributed by atoms with van der Waals surface area (Å²) in [7, 11) is 1.96. The smallest absolute Gasteiger partial charge is 0.237 e. The van der Waals surface area contributed by atoms with Gasteiger partial charge in [0.25, 0.3) is 0 Å². The monoisotopic (exact) mass is 216 g/mol. The highest BCUT2D eigenvalue weighted by Gasteiger charge is 2.26. The van der Waals surface area contributed by atoms with Gasteiger partial charge in [0.2, 0.25) is 5.91 Å². The molecule has 1 unspecified atom stereocenters. The zero-order chi connectivity index (χ0) is 11.3. The van der Waals surface area contributed by atoms with Crippen molar-refractivity contribution in [3.05, 3.63) is 0 Å². The van der Waals surface area contributed by atoms with Crippen molar-refractivity contribution in [2.24, 2.45) is 0 Å². The first-order valence-corrected chi connectivity index (χ1v) is 5.75. The van der Waals surface area contributed by atoms with Gasteiger partial charge in [-0.1, -0.05) is 13.3 Å². The molecule has 15 heavy (non-hydrogen) atoms. The van der Waals surface area contributed by atoms with Crippen LogP contribution in [0, 0.1) is 0 Å². The van der Waals surface area contributed by atoms with E-state index in [1.807, 2.05) is 14.0 Å². The molecule has 0 radical (unpaired) electrons. The Labute approximate surface area is 91.0 Å². The van der Waals surface area contributed by atoms with Crippen molar-refractivity contribution in [2.45, 2.75) is 44.7 Å². The van der Waals surface area contributed by atoms with E-state index >= 15 is 0 Å². The van der Waals surface area contributed by atoms with Crippen LogP contribution in [0.2, 0.25) is 0 Å². The lowest BCUT2D eigenvalue weighted by molar-refractivity contribution is -0.127. The molecule has 1 amide bonds. The van der Waals surface area contributed by atoms with E-state index in [1.165, 1.54) is 0 Å². The Morgan fingerprint density at radius 1 is 1.60 bits per heavy atom. The van der Waals surface area contributed by atoms with Gasteiger partial charge in [-0.3, -0.25) is 9.69 Å². The fourth-order valence-corrected chi connectivity index (χ4v) is 1.95. The SMILES string of the molecule is CCC(CF)NC(=O)[C@@H]1CCCCN1C. The number of nitrogens with zero attached hydrogens (tertiary/aromatic N) is 1. The maximum Gasteiger partial charge on any atom is 0.237 e. The molecule has 0 aromatic carbocycles. The molecule has 1 aliphatic heterocycles. The summed E-state index contributed by atoms with van der Waals surface area (Å²) >= 11 is 0. The van der Waals surface area contributed by atoms with Crippen molar-refractivity contribution < 1.29 is 9.18 Å². The van der Waals surface area contributed by atoms with Crippen LogP contribution in [0.1, 0.15) is 32.6 Å². The van der Waals surface area contributed by atoms with E-state index in [-0.39, 0.29) is 18.0 Å². The van der Waals surface area contributed by atoms with Crippen LogP contribution in [-0.2, 0) is 4.79 Å². The Morgan fingerprint density at radius 3 is 2.87 bits per heavy atom. The van der Waals surface area contributed by atoms with E-state index in [4.69, 9.17) is 0 Å². The first-order valence-electron chi connectivity index (χ1n) is 5.75. The first kappa shape index (κ1) is 12.4. The molecule has 1 saturated heterocycles. The topological polar surface area (TPSA) is 32.3 Å². The molecule has 2 atom stereocenters. The third-order valence-corrected chi connectivity index (χ3v) is 3.10. The van der Waals surface area contributed by atoms with E-state index < -0.39 is 6.67 Å². The van der Waals surface area contributed by atoms with Crippen LogP contribution >= 0.6 is 0 Å². The standard InChI is InChI=1S/C11H21FN2O/c1-3-9(8-12)13-11(15)10-6-4-5-7-14(10)2/h9-10H,3-8H2,1-2H3,(H,13,15)/t9?,10-/m0/s1. The molecule has 0 spiro atoms. The lowest BCUT2D eigenvalue weighted by Gasteiger charge is -2.32. The fourth-order valence-electron chi connectivity index (χ4n) is 1.95. The van der Waals surface area contributed by atoms with Crippen LogP contribution in [-0.4, -0.2) is 43.2 Å². The highest BCUT2D eigenvalue weighted by Crippen LogP contribution is 2.15. The number of nitrogens with one attached hydrogen (secondary N) is 1. The van der Waals surface area contributed by atoms with Crippen molar-refractivity contribution >= 4 is 5.91 Å². The average Bonchev–Trinajstić information content (AvgIpc) is 2.26. The highest BCUT2D eigenvalue weighted by atomic mass is 19.1. The number of halogens is 1. The summed E-state index contributed by atoms with van der Waals surface area (Å²) in [5, 5.41) is 2.76. The molecular formula is C11H21FN2O. The number of piperidine rings is 1. The first-order chi connectivity index (χ1) is 7.19. The summed E-state index contributed by atoms with van der Waals surface area (Å²) in [4.78, 5) is 13.9. The quantitative estimate of drug-likeness (QED) is 0.769. The molecule has 1 fully saturated rings. The maximum absolute atomic E-state index is 12.5. The highest BCUT2D eigenvalue weighted by molar-refractivity contribution is 5.82. The number of carbonyl (C=O) groups is 1. The number of rotatable bonds is 4.